The zero-order valence-corrected chi connectivity index (χ0v) is 13.4. The number of benzene rings is 1. The van der Waals surface area contributed by atoms with Gasteiger partial charge in [-0.1, -0.05) is 5.16 Å². The van der Waals surface area contributed by atoms with Crippen LogP contribution in [0.15, 0.2) is 28.8 Å². The molecule has 6 nitrogen and oxygen atoms in total. The van der Waals surface area contributed by atoms with E-state index in [4.69, 9.17) is 4.52 Å². The van der Waals surface area contributed by atoms with Gasteiger partial charge in [-0.3, -0.25) is 4.79 Å². The van der Waals surface area contributed by atoms with E-state index >= 15 is 0 Å². The van der Waals surface area contributed by atoms with E-state index in [1.807, 2.05) is 0 Å². The highest BCUT2D eigenvalue weighted by atomic mass is 19.1. The third-order valence-electron chi connectivity index (χ3n) is 4.07. The number of halogens is 1. The number of hydrogen-bond acceptors (Lipinski definition) is 5. The largest absolute Gasteiger partial charge is 0.353 e. The molecule has 0 saturated carbocycles. The fourth-order valence-corrected chi connectivity index (χ4v) is 2.74. The first-order chi connectivity index (χ1) is 11.7. The van der Waals surface area contributed by atoms with Gasteiger partial charge >= 0.3 is 0 Å². The van der Waals surface area contributed by atoms with Crippen LogP contribution in [0, 0.1) is 5.82 Å². The van der Waals surface area contributed by atoms with Crippen molar-refractivity contribution in [1.29, 1.82) is 0 Å². The smallest absolute Gasteiger partial charge is 0.226 e. The van der Waals surface area contributed by atoms with Crippen molar-refractivity contribution in [2.75, 3.05) is 13.1 Å². The number of piperidine rings is 1. The monoisotopic (exact) mass is 332 g/mol. The van der Waals surface area contributed by atoms with Gasteiger partial charge in [-0.2, -0.15) is 4.98 Å². The summed E-state index contributed by atoms with van der Waals surface area (Å²) < 4.78 is 18.1. The fourth-order valence-electron chi connectivity index (χ4n) is 2.74. The van der Waals surface area contributed by atoms with Crippen molar-refractivity contribution in [2.45, 2.75) is 38.1 Å². The average Bonchev–Trinajstić information content (AvgIpc) is 3.05. The average molecular weight is 332 g/mol. The Bertz CT molecular complexity index is 665. The molecule has 3 rings (SSSR count). The second-order valence-corrected chi connectivity index (χ2v) is 5.96. The Kier molecular flexibility index (Phi) is 5.53. The standard InChI is InChI=1S/C17H21FN4O2/c18-13-6-4-12(5-7-13)17-21-16(24-22-17)3-1-2-15(23)20-14-8-10-19-11-9-14/h4-7,14,19H,1-3,8-11H2,(H,20,23). The number of nitrogens with zero attached hydrogens (tertiary/aromatic N) is 2. The summed E-state index contributed by atoms with van der Waals surface area (Å²) in [7, 11) is 0. The number of rotatable bonds is 6. The lowest BCUT2D eigenvalue weighted by Crippen LogP contribution is -2.42. The minimum Gasteiger partial charge on any atom is -0.353 e. The maximum atomic E-state index is 12.9. The molecule has 2 heterocycles. The predicted octanol–water partition coefficient (Wildman–Crippen LogP) is 2.07. The molecule has 1 aliphatic heterocycles. The van der Waals surface area contributed by atoms with E-state index in [0.717, 1.165) is 25.9 Å². The van der Waals surface area contributed by atoms with Crippen LogP contribution in [0.2, 0.25) is 0 Å². The molecular formula is C17H21FN4O2. The Hall–Kier alpha value is -2.28. The Morgan fingerprint density at radius 3 is 2.79 bits per heavy atom. The van der Waals surface area contributed by atoms with Crippen LogP contribution < -0.4 is 10.6 Å². The molecule has 1 fully saturated rings. The normalized spacial score (nSPS) is 15.4. The number of aryl methyl sites for hydroxylation is 1. The van der Waals surface area contributed by atoms with E-state index in [9.17, 15) is 9.18 Å². The summed E-state index contributed by atoms with van der Waals surface area (Å²) in [5.41, 5.74) is 0.704. The lowest BCUT2D eigenvalue weighted by Gasteiger charge is -2.23. The molecule has 128 valence electrons. The summed E-state index contributed by atoms with van der Waals surface area (Å²) in [5.74, 6) is 0.690. The number of nitrogens with one attached hydrogen (secondary N) is 2. The van der Waals surface area contributed by atoms with Crippen molar-refractivity contribution in [3.05, 3.63) is 36.0 Å². The van der Waals surface area contributed by atoms with E-state index < -0.39 is 0 Å². The molecule has 1 amide bonds. The van der Waals surface area contributed by atoms with E-state index in [-0.39, 0.29) is 17.8 Å². The fraction of sp³-hybridized carbons (Fsp3) is 0.471. The van der Waals surface area contributed by atoms with Gasteiger partial charge in [0, 0.05) is 24.4 Å². The highest BCUT2D eigenvalue weighted by molar-refractivity contribution is 5.76. The molecule has 24 heavy (non-hydrogen) atoms. The van der Waals surface area contributed by atoms with Gasteiger partial charge in [0.25, 0.3) is 0 Å². The van der Waals surface area contributed by atoms with E-state index in [2.05, 4.69) is 20.8 Å². The van der Waals surface area contributed by atoms with Gasteiger partial charge in [-0.05, 0) is 56.6 Å². The molecule has 0 bridgehead atoms. The Morgan fingerprint density at radius 1 is 1.29 bits per heavy atom. The second kappa shape index (κ2) is 8.01. The molecule has 0 radical (unpaired) electrons. The number of amides is 1. The van der Waals surface area contributed by atoms with Crippen LogP contribution in [-0.2, 0) is 11.2 Å². The summed E-state index contributed by atoms with van der Waals surface area (Å²) in [4.78, 5) is 16.2. The molecule has 2 N–H and O–H groups in total. The van der Waals surface area contributed by atoms with Gasteiger partial charge < -0.3 is 15.2 Å². The quantitative estimate of drug-likeness (QED) is 0.846. The summed E-state index contributed by atoms with van der Waals surface area (Å²) in [6, 6.07) is 6.21. The summed E-state index contributed by atoms with van der Waals surface area (Å²) in [5, 5.41) is 10.2. The SMILES string of the molecule is O=C(CCCc1nc(-c2ccc(F)cc2)no1)NC1CCNCC1. The molecule has 2 aromatic rings. The zero-order chi connectivity index (χ0) is 16.8. The molecule has 1 aromatic carbocycles. The molecule has 0 spiro atoms. The van der Waals surface area contributed by atoms with Gasteiger partial charge in [0.2, 0.25) is 17.6 Å². The molecule has 7 heteroatoms. The van der Waals surface area contributed by atoms with Crippen molar-refractivity contribution in [1.82, 2.24) is 20.8 Å². The highest BCUT2D eigenvalue weighted by Crippen LogP contribution is 2.16. The van der Waals surface area contributed by atoms with Crippen LogP contribution in [-0.4, -0.2) is 35.2 Å². The van der Waals surface area contributed by atoms with E-state index in [0.29, 0.717) is 36.5 Å². The topological polar surface area (TPSA) is 80.0 Å². The number of aromatic nitrogens is 2. The van der Waals surface area contributed by atoms with Crippen LogP contribution in [0.4, 0.5) is 4.39 Å². The highest BCUT2D eigenvalue weighted by Gasteiger charge is 2.15. The van der Waals surface area contributed by atoms with Gasteiger partial charge in [0.05, 0.1) is 0 Å². The van der Waals surface area contributed by atoms with Crippen molar-refractivity contribution >= 4 is 5.91 Å². The van der Waals surface area contributed by atoms with Gasteiger partial charge in [0.15, 0.2) is 0 Å². The van der Waals surface area contributed by atoms with Gasteiger partial charge in [-0.15, -0.1) is 0 Å². The molecular weight excluding hydrogens is 311 g/mol. The Morgan fingerprint density at radius 2 is 2.04 bits per heavy atom. The molecule has 0 atom stereocenters. The first kappa shape index (κ1) is 16.6. The summed E-state index contributed by atoms with van der Waals surface area (Å²) in [6.45, 7) is 1.91. The Labute approximate surface area is 139 Å². The lowest BCUT2D eigenvalue weighted by molar-refractivity contribution is -0.122. The predicted molar refractivity (Wildman–Crippen MR) is 86.7 cm³/mol. The molecule has 0 unspecified atom stereocenters. The first-order valence-corrected chi connectivity index (χ1v) is 8.29. The maximum Gasteiger partial charge on any atom is 0.226 e. The second-order valence-electron chi connectivity index (χ2n) is 5.96. The summed E-state index contributed by atoms with van der Waals surface area (Å²) in [6.07, 6.45) is 3.61. The molecule has 1 aromatic heterocycles. The number of hydrogen-bond donors (Lipinski definition) is 2. The summed E-state index contributed by atoms with van der Waals surface area (Å²) >= 11 is 0. The molecule has 0 aliphatic carbocycles. The van der Waals surface area contributed by atoms with Crippen molar-refractivity contribution in [2.24, 2.45) is 0 Å². The van der Waals surface area contributed by atoms with Crippen molar-refractivity contribution in [3.63, 3.8) is 0 Å². The molecule has 1 aliphatic rings. The van der Waals surface area contributed by atoms with Crippen LogP contribution in [0.1, 0.15) is 31.6 Å². The minimum atomic E-state index is -0.303. The van der Waals surface area contributed by atoms with Crippen LogP contribution in [0.3, 0.4) is 0 Å². The first-order valence-electron chi connectivity index (χ1n) is 8.29. The lowest BCUT2D eigenvalue weighted by atomic mass is 10.1. The van der Waals surface area contributed by atoms with Crippen molar-refractivity contribution in [3.8, 4) is 11.4 Å². The van der Waals surface area contributed by atoms with Crippen LogP contribution in [0.5, 0.6) is 0 Å². The number of carbonyl (C=O) groups is 1. The van der Waals surface area contributed by atoms with Gasteiger partial charge in [0.1, 0.15) is 5.82 Å². The third kappa shape index (κ3) is 4.61. The zero-order valence-electron chi connectivity index (χ0n) is 13.4. The maximum absolute atomic E-state index is 12.9. The minimum absolute atomic E-state index is 0.0696. The Balaban J connectivity index is 1.43. The van der Waals surface area contributed by atoms with E-state index in [1.54, 1.807) is 12.1 Å². The van der Waals surface area contributed by atoms with Gasteiger partial charge in [-0.25, -0.2) is 4.39 Å². The van der Waals surface area contributed by atoms with Crippen LogP contribution in [0.25, 0.3) is 11.4 Å². The number of carbonyl (C=O) groups excluding carboxylic acids is 1. The van der Waals surface area contributed by atoms with E-state index in [1.165, 1.54) is 12.1 Å². The molecule has 1 saturated heterocycles. The third-order valence-corrected chi connectivity index (χ3v) is 4.07. The van der Waals surface area contributed by atoms with Crippen molar-refractivity contribution < 1.29 is 13.7 Å². The van der Waals surface area contributed by atoms with Crippen LogP contribution >= 0.6 is 0 Å².